The minimum atomic E-state index is 0.0565. The van der Waals surface area contributed by atoms with Gasteiger partial charge in [0.05, 0.1) is 5.25 Å². The highest BCUT2D eigenvalue weighted by Crippen LogP contribution is 2.36. The first-order chi connectivity index (χ1) is 10.7. The molecule has 0 bridgehead atoms. The number of rotatable bonds is 5. The number of likely N-dealkylation sites (N-methyl/N-ethyl adjacent to an activating group) is 1. The summed E-state index contributed by atoms with van der Waals surface area (Å²) in [5.41, 5.74) is 1.31. The van der Waals surface area contributed by atoms with Gasteiger partial charge in [-0.1, -0.05) is 18.2 Å². The summed E-state index contributed by atoms with van der Waals surface area (Å²) in [5.74, 6) is 0.194. The number of nitrogens with zero attached hydrogens (tertiary/aromatic N) is 2. The van der Waals surface area contributed by atoms with E-state index < -0.39 is 0 Å². The molecule has 0 radical (unpaired) electrons. The Morgan fingerprint density at radius 3 is 2.82 bits per heavy atom. The van der Waals surface area contributed by atoms with E-state index in [1.807, 2.05) is 6.07 Å². The van der Waals surface area contributed by atoms with Crippen molar-refractivity contribution in [1.82, 2.24) is 15.1 Å². The predicted octanol–water partition coefficient (Wildman–Crippen LogP) is 1.46. The molecule has 5 heteroatoms. The Morgan fingerprint density at radius 1 is 1.27 bits per heavy atom. The van der Waals surface area contributed by atoms with Gasteiger partial charge < -0.3 is 15.1 Å². The molecule has 1 aromatic carbocycles. The van der Waals surface area contributed by atoms with E-state index in [2.05, 4.69) is 40.4 Å². The lowest BCUT2D eigenvalue weighted by Crippen LogP contribution is -2.45. The molecule has 3 rings (SSSR count). The molecule has 0 aromatic heterocycles. The Hall–Kier alpha value is -1.04. The topological polar surface area (TPSA) is 35.6 Å². The summed E-state index contributed by atoms with van der Waals surface area (Å²) in [6.45, 7) is 6.49. The molecule has 4 nitrogen and oxygen atoms in total. The van der Waals surface area contributed by atoms with Crippen LogP contribution < -0.4 is 5.32 Å². The first-order valence-electron chi connectivity index (χ1n) is 8.15. The molecule has 1 atom stereocenters. The smallest absolute Gasteiger partial charge is 0.233 e. The molecule has 1 amide bonds. The maximum absolute atomic E-state index is 12.3. The zero-order chi connectivity index (χ0) is 15.4. The molecule has 2 aliphatic rings. The fourth-order valence-electron chi connectivity index (χ4n) is 3.03. The van der Waals surface area contributed by atoms with E-state index in [9.17, 15) is 4.79 Å². The Morgan fingerprint density at radius 2 is 2.05 bits per heavy atom. The summed E-state index contributed by atoms with van der Waals surface area (Å²) in [4.78, 5) is 18.4. The fourth-order valence-corrected chi connectivity index (χ4v) is 4.25. The highest BCUT2D eigenvalue weighted by atomic mass is 32.2. The van der Waals surface area contributed by atoms with Crippen LogP contribution in [0, 0.1) is 0 Å². The van der Waals surface area contributed by atoms with Gasteiger partial charge >= 0.3 is 0 Å². The van der Waals surface area contributed by atoms with Crippen molar-refractivity contribution in [3.05, 3.63) is 29.8 Å². The quantitative estimate of drug-likeness (QED) is 0.834. The van der Waals surface area contributed by atoms with E-state index in [0.717, 1.165) is 52.1 Å². The number of thioether (sulfide) groups is 1. The second-order valence-electron chi connectivity index (χ2n) is 6.21. The zero-order valence-electron chi connectivity index (χ0n) is 13.3. The minimum Gasteiger partial charge on any atom is -0.355 e. The maximum atomic E-state index is 12.3. The van der Waals surface area contributed by atoms with Gasteiger partial charge in [0.1, 0.15) is 0 Å². The van der Waals surface area contributed by atoms with Gasteiger partial charge in [-0.05, 0) is 38.1 Å². The SMILES string of the molecule is CN1CCN(CCCNC(=O)C2Cc3ccccc3S2)CC1. The van der Waals surface area contributed by atoms with Crippen LogP contribution in [0.25, 0.3) is 0 Å². The third-order valence-corrected chi connectivity index (χ3v) is 5.80. The Kier molecular flexibility index (Phi) is 5.39. The van der Waals surface area contributed by atoms with Crippen LogP contribution in [-0.2, 0) is 11.2 Å². The Bertz CT molecular complexity index is 489. The van der Waals surface area contributed by atoms with Crippen LogP contribution in [-0.4, -0.2) is 67.3 Å². The van der Waals surface area contributed by atoms with E-state index in [4.69, 9.17) is 0 Å². The molecule has 1 saturated heterocycles. The van der Waals surface area contributed by atoms with Gasteiger partial charge in [-0.2, -0.15) is 0 Å². The Labute approximate surface area is 137 Å². The minimum absolute atomic E-state index is 0.0565. The average Bonchev–Trinajstić information content (AvgIpc) is 2.97. The number of amides is 1. The van der Waals surface area contributed by atoms with E-state index in [1.54, 1.807) is 11.8 Å². The molecule has 2 aliphatic heterocycles. The lowest BCUT2D eigenvalue weighted by atomic mass is 10.1. The number of hydrogen-bond donors (Lipinski definition) is 1. The van der Waals surface area contributed by atoms with Crippen LogP contribution in [0.3, 0.4) is 0 Å². The number of nitrogens with one attached hydrogen (secondary N) is 1. The van der Waals surface area contributed by atoms with Crippen molar-refractivity contribution in [3.8, 4) is 0 Å². The van der Waals surface area contributed by atoms with Gasteiger partial charge in [-0.3, -0.25) is 4.79 Å². The summed E-state index contributed by atoms with van der Waals surface area (Å²) in [6, 6.07) is 8.33. The highest BCUT2D eigenvalue weighted by Gasteiger charge is 2.27. The highest BCUT2D eigenvalue weighted by molar-refractivity contribution is 8.01. The second kappa shape index (κ2) is 7.49. The van der Waals surface area contributed by atoms with Crippen molar-refractivity contribution in [2.45, 2.75) is 23.0 Å². The summed E-state index contributed by atoms with van der Waals surface area (Å²) >= 11 is 1.70. The van der Waals surface area contributed by atoms with E-state index in [1.165, 1.54) is 10.5 Å². The van der Waals surface area contributed by atoms with E-state index in [-0.39, 0.29) is 11.2 Å². The molecule has 1 N–H and O–H groups in total. The molecular formula is C17H25N3OS. The van der Waals surface area contributed by atoms with E-state index >= 15 is 0 Å². The van der Waals surface area contributed by atoms with Gasteiger partial charge in [-0.25, -0.2) is 0 Å². The molecule has 0 spiro atoms. The van der Waals surface area contributed by atoms with Crippen LogP contribution in [0.1, 0.15) is 12.0 Å². The van der Waals surface area contributed by atoms with Gasteiger partial charge in [-0.15, -0.1) is 11.8 Å². The second-order valence-corrected chi connectivity index (χ2v) is 7.45. The number of carbonyl (C=O) groups is 1. The monoisotopic (exact) mass is 319 g/mol. The van der Waals surface area contributed by atoms with Crippen molar-refractivity contribution in [3.63, 3.8) is 0 Å². The van der Waals surface area contributed by atoms with Gasteiger partial charge in [0.2, 0.25) is 5.91 Å². The van der Waals surface area contributed by atoms with Crippen molar-refractivity contribution in [2.75, 3.05) is 46.3 Å². The predicted molar refractivity (Wildman–Crippen MR) is 91.4 cm³/mol. The van der Waals surface area contributed by atoms with Gasteiger partial charge in [0, 0.05) is 37.6 Å². The molecule has 0 saturated carbocycles. The first kappa shape index (κ1) is 15.8. The van der Waals surface area contributed by atoms with Crippen molar-refractivity contribution in [2.24, 2.45) is 0 Å². The largest absolute Gasteiger partial charge is 0.355 e. The van der Waals surface area contributed by atoms with Crippen LogP contribution in [0.15, 0.2) is 29.2 Å². The van der Waals surface area contributed by atoms with Crippen molar-refractivity contribution >= 4 is 17.7 Å². The number of carbonyl (C=O) groups excluding carboxylic acids is 1. The molecule has 0 aliphatic carbocycles. The molecule has 1 unspecified atom stereocenters. The average molecular weight is 319 g/mol. The number of piperazine rings is 1. The molecular weight excluding hydrogens is 294 g/mol. The standard InChI is InChI=1S/C17H25N3OS/c1-19-9-11-20(12-10-19)8-4-7-18-17(21)16-13-14-5-2-3-6-15(14)22-16/h2-3,5-6,16H,4,7-13H2,1H3,(H,18,21). The molecule has 120 valence electrons. The zero-order valence-corrected chi connectivity index (χ0v) is 14.1. The van der Waals surface area contributed by atoms with Gasteiger partial charge in [0.25, 0.3) is 0 Å². The summed E-state index contributed by atoms with van der Waals surface area (Å²) in [5, 5.41) is 3.17. The summed E-state index contributed by atoms with van der Waals surface area (Å²) in [6.07, 6.45) is 1.91. The lowest BCUT2D eigenvalue weighted by molar-refractivity contribution is -0.120. The number of fused-ring (bicyclic) bond motifs is 1. The third-order valence-electron chi connectivity index (χ3n) is 4.49. The number of hydrogen-bond acceptors (Lipinski definition) is 4. The summed E-state index contributed by atoms with van der Waals surface area (Å²) in [7, 11) is 2.18. The Balaban J connectivity index is 1.34. The van der Waals surface area contributed by atoms with Crippen molar-refractivity contribution < 1.29 is 4.79 Å². The molecule has 2 heterocycles. The third kappa shape index (κ3) is 4.03. The first-order valence-corrected chi connectivity index (χ1v) is 9.03. The number of benzene rings is 1. The van der Waals surface area contributed by atoms with Crippen molar-refractivity contribution in [1.29, 1.82) is 0 Å². The normalized spacial score (nSPS) is 22.5. The van der Waals surface area contributed by atoms with Gasteiger partial charge in [0.15, 0.2) is 0 Å². The van der Waals surface area contributed by atoms with Crippen LogP contribution in [0.4, 0.5) is 0 Å². The summed E-state index contributed by atoms with van der Waals surface area (Å²) < 4.78 is 0. The van der Waals surface area contributed by atoms with Crippen LogP contribution in [0.2, 0.25) is 0 Å². The maximum Gasteiger partial charge on any atom is 0.233 e. The van der Waals surface area contributed by atoms with E-state index in [0.29, 0.717) is 0 Å². The fraction of sp³-hybridized carbons (Fsp3) is 0.588. The molecule has 22 heavy (non-hydrogen) atoms. The van der Waals surface area contributed by atoms with Crippen LogP contribution >= 0.6 is 11.8 Å². The molecule has 1 aromatic rings. The molecule has 1 fully saturated rings. The lowest BCUT2D eigenvalue weighted by Gasteiger charge is -2.32. The van der Waals surface area contributed by atoms with Crippen LogP contribution in [0.5, 0.6) is 0 Å².